The molecule has 1 rings (SSSR count). The minimum absolute atomic E-state index is 0.105. The molecule has 1 amide bonds. The average molecular weight is 277 g/mol. The predicted molar refractivity (Wildman–Crippen MR) is 69.6 cm³/mol. The Hall–Kier alpha value is -0.720. The average Bonchev–Trinajstić information content (AvgIpc) is 2.64. The number of hydrogen-bond donors (Lipinski definition) is 0. The molecule has 0 saturated carbocycles. The van der Waals surface area contributed by atoms with Crippen LogP contribution in [0.25, 0.3) is 0 Å². The summed E-state index contributed by atoms with van der Waals surface area (Å²) in [6, 6.07) is 0.130. The van der Waals surface area contributed by atoms with Crippen LogP contribution in [-0.2, 0) is 0 Å². The van der Waals surface area contributed by atoms with Crippen LogP contribution >= 0.6 is 22.9 Å². The van der Waals surface area contributed by atoms with Crippen LogP contribution in [0.2, 0.25) is 4.47 Å². The summed E-state index contributed by atoms with van der Waals surface area (Å²) in [4.78, 5) is 16.0. The monoisotopic (exact) mass is 276 g/mol. The standard InChI is InChI=1S/C10H17ClN4OS/c1-5-15(7(2)6-14(3)4)9(16)8-12-13-10(11)17-8/h7H,5-6H2,1-4H3. The first-order valence-electron chi connectivity index (χ1n) is 5.40. The Kier molecular flexibility index (Phi) is 5.30. The highest BCUT2D eigenvalue weighted by atomic mass is 35.5. The molecule has 1 atom stereocenters. The van der Waals surface area contributed by atoms with Crippen LogP contribution in [0.3, 0.4) is 0 Å². The van der Waals surface area contributed by atoms with Gasteiger partial charge in [0.15, 0.2) is 0 Å². The van der Waals surface area contributed by atoms with Crippen LogP contribution in [0, 0.1) is 0 Å². The zero-order chi connectivity index (χ0) is 13.0. The molecule has 0 saturated heterocycles. The molecule has 96 valence electrons. The highest BCUT2D eigenvalue weighted by Crippen LogP contribution is 2.17. The summed E-state index contributed by atoms with van der Waals surface area (Å²) in [5.41, 5.74) is 0. The molecule has 7 heteroatoms. The van der Waals surface area contributed by atoms with E-state index in [9.17, 15) is 4.79 Å². The molecule has 0 spiro atoms. The third kappa shape index (κ3) is 3.90. The van der Waals surface area contributed by atoms with Crippen molar-refractivity contribution in [3.63, 3.8) is 0 Å². The van der Waals surface area contributed by atoms with Crippen LogP contribution in [0.1, 0.15) is 23.6 Å². The molecule has 0 bridgehead atoms. The summed E-state index contributed by atoms with van der Waals surface area (Å²) in [6.07, 6.45) is 0. The molecule has 0 aliphatic heterocycles. The summed E-state index contributed by atoms with van der Waals surface area (Å²) in [6.45, 7) is 5.42. The van der Waals surface area contributed by atoms with E-state index < -0.39 is 0 Å². The minimum atomic E-state index is -0.105. The summed E-state index contributed by atoms with van der Waals surface area (Å²) in [7, 11) is 3.97. The molecule has 0 N–H and O–H groups in total. The fourth-order valence-corrected chi connectivity index (χ4v) is 2.48. The lowest BCUT2D eigenvalue weighted by molar-refractivity contribution is 0.0678. The Morgan fingerprint density at radius 2 is 2.12 bits per heavy atom. The van der Waals surface area contributed by atoms with E-state index in [2.05, 4.69) is 10.2 Å². The van der Waals surface area contributed by atoms with Gasteiger partial charge < -0.3 is 9.80 Å². The van der Waals surface area contributed by atoms with Crippen molar-refractivity contribution in [2.45, 2.75) is 19.9 Å². The molecule has 0 aliphatic rings. The van der Waals surface area contributed by atoms with Gasteiger partial charge in [0.1, 0.15) is 0 Å². The van der Waals surface area contributed by atoms with Gasteiger partial charge in [0.2, 0.25) is 9.47 Å². The number of halogens is 1. The van der Waals surface area contributed by atoms with E-state index in [1.165, 1.54) is 0 Å². The molecular formula is C10H17ClN4OS. The summed E-state index contributed by atoms with van der Waals surface area (Å²) >= 11 is 6.80. The van der Waals surface area contributed by atoms with Gasteiger partial charge in [0.05, 0.1) is 0 Å². The zero-order valence-corrected chi connectivity index (χ0v) is 12.0. The van der Waals surface area contributed by atoms with Gasteiger partial charge in [0.25, 0.3) is 5.91 Å². The van der Waals surface area contributed by atoms with E-state index >= 15 is 0 Å². The number of aromatic nitrogens is 2. The largest absolute Gasteiger partial charge is 0.333 e. The fourth-order valence-electron chi connectivity index (χ4n) is 1.70. The van der Waals surface area contributed by atoms with Crippen LogP contribution in [0.5, 0.6) is 0 Å². The van der Waals surface area contributed by atoms with Crippen LogP contribution in [-0.4, -0.2) is 59.1 Å². The Bertz CT molecular complexity index is 382. The van der Waals surface area contributed by atoms with Gasteiger partial charge in [-0.05, 0) is 39.5 Å². The number of nitrogens with zero attached hydrogens (tertiary/aromatic N) is 4. The molecule has 0 radical (unpaired) electrons. The lowest BCUT2D eigenvalue weighted by Crippen LogP contribution is -2.43. The number of amides is 1. The van der Waals surface area contributed by atoms with Crippen molar-refractivity contribution in [1.82, 2.24) is 20.0 Å². The predicted octanol–water partition coefficient (Wildman–Crippen LogP) is 1.60. The Morgan fingerprint density at radius 3 is 2.53 bits per heavy atom. The van der Waals surface area contributed by atoms with Gasteiger partial charge in [-0.25, -0.2) is 0 Å². The topological polar surface area (TPSA) is 49.3 Å². The normalized spacial score (nSPS) is 12.8. The third-order valence-electron chi connectivity index (χ3n) is 2.35. The number of rotatable bonds is 5. The van der Waals surface area contributed by atoms with Gasteiger partial charge in [-0.3, -0.25) is 4.79 Å². The Morgan fingerprint density at radius 1 is 1.47 bits per heavy atom. The van der Waals surface area contributed by atoms with Gasteiger partial charge in [-0.1, -0.05) is 11.3 Å². The first-order valence-corrected chi connectivity index (χ1v) is 6.59. The Balaban J connectivity index is 2.76. The molecule has 1 aromatic rings. The smallest absolute Gasteiger partial charge is 0.285 e. The van der Waals surface area contributed by atoms with Crippen molar-refractivity contribution >= 4 is 28.8 Å². The third-order valence-corrected chi connectivity index (χ3v) is 3.35. The quantitative estimate of drug-likeness (QED) is 0.820. The van der Waals surface area contributed by atoms with E-state index in [0.29, 0.717) is 16.0 Å². The van der Waals surface area contributed by atoms with Gasteiger partial charge in [-0.2, -0.15) is 0 Å². The van der Waals surface area contributed by atoms with Gasteiger partial charge in [0, 0.05) is 19.1 Å². The van der Waals surface area contributed by atoms with Crippen molar-refractivity contribution in [1.29, 1.82) is 0 Å². The summed E-state index contributed by atoms with van der Waals surface area (Å²) in [5, 5.41) is 7.78. The fraction of sp³-hybridized carbons (Fsp3) is 0.700. The summed E-state index contributed by atoms with van der Waals surface area (Å²) < 4.78 is 0.296. The number of carbonyl (C=O) groups excluding carboxylic acids is 1. The lowest BCUT2D eigenvalue weighted by atomic mass is 10.2. The first-order chi connectivity index (χ1) is 7.95. The molecule has 1 heterocycles. The van der Waals surface area contributed by atoms with Crippen molar-refractivity contribution in [3.05, 3.63) is 9.47 Å². The second-order valence-electron chi connectivity index (χ2n) is 4.06. The summed E-state index contributed by atoms with van der Waals surface area (Å²) in [5.74, 6) is -0.105. The van der Waals surface area contributed by atoms with Crippen LogP contribution in [0.4, 0.5) is 0 Å². The molecule has 0 fully saturated rings. The zero-order valence-electron chi connectivity index (χ0n) is 10.5. The second-order valence-corrected chi connectivity index (χ2v) is 5.62. The van der Waals surface area contributed by atoms with Crippen molar-refractivity contribution in [2.75, 3.05) is 27.2 Å². The van der Waals surface area contributed by atoms with Crippen LogP contribution < -0.4 is 0 Å². The highest BCUT2D eigenvalue weighted by molar-refractivity contribution is 7.17. The minimum Gasteiger partial charge on any atom is -0.333 e. The maximum atomic E-state index is 12.2. The number of carbonyl (C=O) groups is 1. The molecular weight excluding hydrogens is 260 g/mol. The lowest BCUT2D eigenvalue weighted by Gasteiger charge is -2.29. The molecule has 1 unspecified atom stereocenters. The molecule has 1 aromatic heterocycles. The van der Waals surface area contributed by atoms with E-state index in [0.717, 1.165) is 17.9 Å². The second kappa shape index (κ2) is 6.28. The van der Waals surface area contributed by atoms with Crippen molar-refractivity contribution in [2.24, 2.45) is 0 Å². The van der Waals surface area contributed by atoms with Gasteiger partial charge in [-0.15, -0.1) is 10.2 Å². The van der Waals surface area contributed by atoms with Crippen molar-refractivity contribution < 1.29 is 4.79 Å². The van der Waals surface area contributed by atoms with E-state index in [-0.39, 0.29) is 11.9 Å². The van der Waals surface area contributed by atoms with Crippen molar-refractivity contribution in [3.8, 4) is 0 Å². The van der Waals surface area contributed by atoms with Gasteiger partial charge >= 0.3 is 0 Å². The maximum absolute atomic E-state index is 12.2. The van der Waals surface area contributed by atoms with E-state index in [1.807, 2.05) is 32.8 Å². The van der Waals surface area contributed by atoms with E-state index in [1.54, 1.807) is 4.90 Å². The number of hydrogen-bond acceptors (Lipinski definition) is 5. The molecule has 0 aliphatic carbocycles. The van der Waals surface area contributed by atoms with Crippen LogP contribution in [0.15, 0.2) is 0 Å². The molecule has 5 nitrogen and oxygen atoms in total. The first kappa shape index (κ1) is 14.3. The Labute approximate surface area is 110 Å². The molecule has 17 heavy (non-hydrogen) atoms. The molecule has 0 aromatic carbocycles. The van der Waals surface area contributed by atoms with E-state index in [4.69, 9.17) is 11.6 Å². The number of likely N-dealkylation sites (N-methyl/N-ethyl adjacent to an activating group) is 2. The SMILES string of the molecule is CCN(C(=O)c1nnc(Cl)s1)C(C)CN(C)C. The maximum Gasteiger partial charge on any atom is 0.285 e. The highest BCUT2D eigenvalue weighted by Gasteiger charge is 2.23.